The summed E-state index contributed by atoms with van der Waals surface area (Å²) in [5.74, 6) is 0. The summed E-state index contributed by atoms with van der Waals surface area (Å²) in [7, 11) is 0. The minimum atomic E-state index is 0.125. The Bertz CT molecular complexity index is 414. The number of piperidine rings is 1. The molecule has 21 heavy (non-hydrogen) atoms. The molecular formula is C18H27NO2. The maximum absolute atomic E-state index is 6.06. The molecule has 2 fully saturated rings. The Hall–Kier alpha value is -0.900. The number of hydrogen-bond donors (Lipinski definition) is 1. The van der Waals surface area contributed by atoms with Crippen LogP contribution < -0.4 is 5.32 Å². The second kappa shape index (κ2) is 7.39. The van der Waals surface area contributed by atoms with E-state index in [9.17, 15) is 0 Å². The van der Waals surface area contributed by atoms with E-state index >= 15 is 0 Å². The molecule has 2 saturated heterocycles. The Morgan fingerprint density at radius 3 is 2.76 bits per heavy atom. The topological polar surface area (TPSA) is 30.5 Å². The van der Waals surface area contributed by atoms with E-state index in [1.807, 2.05) is 0 Å². The van der Waals surface area contributed by atoms with Crippen LogP contribution >= 0.6 is 0 Å². The van der Waals surface area contributed by atoms with Gasteiger partial charge in [-0.1, -0.05) is 30.3 Å². The van der Waals surface area contributed by atoms with Gasteiger partial charge >= 0.3 is 0 Å². The highest BCUT2D eigenvalue weighted by molar-refractivity contribution is 5.14. The Morgan fingerprint density at radius 2 is 1.95 bits per heavy atom. The summed E-state index contributed by atoms with van der Waals surface area (Å²) in [5, 5.41) is 3.41. The molecule has 3 heteroatoms. The van der Waals surface area contributed by atoms with Gasteiger partial charge in [0.1, 0.15) is 0 Å². The molecule has 1 spiro atoms. The second-order valence-corrected chi connectivity index (χ2v) is 6.38. The smallest absolute Gasteiger partial charge is 0.0836 e. The molecule has 0 aromatic heterocycles. The molecule has 2 heterocycles. The lowest BCUT2D eigenvalue weighted by molar-refractivity contribution is -0.0234. The van der Waals surface area contributed by atoms with E-state index in [-0.39, 0.29) is 5.60 Å². The summed E-state index contributed by atoms with van der Waals surface area (Å²) in [5.41, 5.74) is 1.55. The van der Waals surface area contributed by atoms with Gasteiger partial charge in [0.15, 0.2) is 0 Å². The lowest BCUT2D eigenvalue weighted by Crippen LogP contribution is -2.41. The van der Waals surface area contributed by atoms with Crippen LogP contribution in [0.15, 0.2) is 30.3 Å². The molecule has 1 atom stereocenters. The van der Waals surface area contributed by atoms with Gasteiger partial charge in [-0.05, 0) is 50.8 Å². The van der Waals surface area contributed by atoms with Gasteiger partial charge in [0.05, 0.1) is 18.3 Å². The maximum atomic E-state index is 6.06. The van der Waals surface area contributed by atoms with Crippen LogP contribution in [-0.2, 0) is 15.9 Å². The first-order chi connectivity index (χ1) is 10.4. The van der Waals surface area contributed by atoms with Crippen molar-refractivity contribution in [2.75, 3.05) is 26.3 Å². The molecule has 0 bridgehead atoms. The van der Waals surface area contributed by atoms with Gasteiger partial charge in [-0.25, -0.2) is 0 Å². The number of ether oxygens (including phenoxy) is 2. The first kappa shape index (κ1) is 15.0. The van der Waals surface area contributed by atoms with E-state index in [1.54, 1.807) is 0 Å². The molecule has 2 aliphatic heterocycles. The van der Waals surface area contributed by atoms with Gasteiger partial charge in [-0.3, -0.25) is 0 Å². The quantitative estimate of drug-likeness (QED) is 0.817. The fourth-order valence-corrected chi connectivity index (χ4v) is 3.47. The molecule has 3 rings (SSSR count). The van der Waals surface area contributed by atoms with Crippen molar-refractivity contribution in [3.8, 4) is 0 Å². The van der Waals surface area contributed by atoms with Crippen molar-refractivity contribution in [1.29, 1.82) is 0 Å². The van der Waals surface area contributed by atoms with Gasteiger partial charge in [0.25, 0.3) is 0 Å². The van der Waals surface area contributed by atoms with Crippen LogP contribution in [0.3, 0.4) is 0 Å². The highest BCUT2D eigenvalue weighted by atomic mass is 16.6. The fraction of sp³-hybridized carbons (Fsp3) is 0.667. The Kier molecular flexibility index (Phi) is 5.28. The van der Waals surface area contributed by atoms with Crippen molar-refractivity contribution >= 4 is 0 Å². The third-order valence-corrected chi connectivity index (χ3v) is 4.75. The average molecular weight is 289 g/mol. The van der Waals surface area contributed by atoms with Gasteiger partial charge in [-0.15, -0.1) is 0 Å². The average Bonchev–Trinajstić information content (AvgIpc) is 2.91. The predicted molar refractivity (Wildman–Crippen MR) is 84.5 cm³/mol. The molecule has 1 aromatic carbocycles. The van der Waals surface area contributed by atoms with E-state index in [4.69, 9.17) is 9.47 Å². The standard InChI is InChI=1S/C18H27NO2/c1-2-6-16(7-3-1)8-4-5-13-20-17-14-18(21-15-17)9-11-19-12-10-18/h1-3,6-7,17,19H,4-5,8-15H2. The van der Waals surface area contributed by atoms with Gasteiger partial charge in [0, 0.05) is 13.0 Å². The molecule has 0 saturated carbocycles. The molecule has 0 radical (unpaired) electrons. The summed E-state index contributed by atoms with van der Waals surface area (Å²) in [6, 6.07) is 10.7. The van der Waals surface area contributed by atoms with Crippen molar-refractivity contribution in [2.24, 2.45) is 0 Å². The Balaban J connectivity index is 1.30. The SMILES string of the molecule is c1ccc(CCCCOC2COC3(CCNCC3)C2)cc1. The number of rotatable bonds is 6. The van der Waals surface area contributed by atoms with Crippen molar-refractivity contribution < 1.29 is 9.47 Å². The monoisotopic (exact) mass is 289 g/mol. The minimum Gasteiger partial charge on any atom is -0.376 e. The van der Waals surface area contributed by atoms with E-state index in [2.05, 4.69) is 35.6 Å². The van der Waals surface area contributed by atoms with Gasteiger partial charge in [0.2, 0.25) is 0 Å². The molecule has 2 aliphatic rings. The molecule has 1 unspecified atom stereocenters. The molecule has 3 nitrogen and oxygen atoms in total. The highest BCUT2D eigenvalue weighted by Gasteiger charge is 2.41. The van der Waals surface area contributed by atoms with E-state index in [0.717, 1.165) is 58.4 Å². The van der Waals surface area contributed by atoms with Crippen LogP contribution in [0.1, 0.15) is 37.7 Å². The molecule has 116 valence electrons. The van der Waals surface area contributed by atoms with Crippen LogP contribution in [0.2, 0.25) is 0 Å². The molecule has 0 aliphatic carbocycles. The number of nitrogens with one attached hydrogen (secondary N) is 1. The van der Waals surface area contributed by atoms with Crippen molar-refractivity contribution in [2.45, 2.75) is 50.2 Å². The Morgan fingerprint density at radius 1 is 1.14 bits per heavy atom. The summed E-state index contributed by atoms with van der Waals surface area (Å²) >= 11 is 0. The summed E-state index contributed by atoms with van der Waals surface area (Å²) < 4.78 is 12.1. The molecule has 1 N–H and O–H groups in total. The molecular weight excluding hydrogens is 262 g/mol. The highest BCUT2D eigenvalue weighted by Crippen LogP contribution is 2.35. The zero-order valence-corrected chi connectivity index (χ0v) is 12.9. The normalized spacial score (nSPS) is 24.5. The van der Waals surface area contributed by atoms with Crippen LogP contribution in [0.4, 0.5) is 0 Å². The second-order valence-electron chi connectivity index (χ2n) is 6.38. The number of aryl methyl sites for hydroxylation is 1. The van der Waals surface area contributed by atoms with Crippen LogP contribution in [0.25, 0.3) is 0 Å². The summed E-state index contributed by atoms with van der Waals surface area (Å²) in [4.78, 5) is 0. The first-order valence-corrected chi connectivity index (χ1v) is 8.37. The third-order valence-electron chi connectivity index (χ3n) is 4.75. The van der Waals surface area contributed by atoms with E-state index in [1.165, 1.54) is 12.0 Å². The van der Waals surface area contributed by atoms with Crippen LogP contribution in [0.5, 0.6) is 0 Å². The van der Waals surface area contributed by atoms with Crippen molar-refractivity contribution in [3.63, 3.8) is 0 Å². The molecule has 1 aromatic rings. The third kappa shape index (κ3) is 4.29. The Labute approximate surface area is 128 Å². The first-order valence-electron chi connectivity index (χ1n) is 8.37. The number of benzene rings is 1. The predicted octanol–water partition coefficient (Wildman–Crippen LogP) is 2.94. The fourth-order valence-electron chi connectivity index (χ4n) is 3.47. The van der Waals surface area contributed by atoms with Crippen molar-refractivity contribution in [1.82, 2.24) is 5.32 Å². The van der Waals surface area contributed by atoms with E-state index < -0.39 is 0 Å². The van der Waals surface area contributed by atoms with E-state index in [0.29, 0.717) is 6.10 Å². The zero-order chi connectivity index (χ0) is 14.4. The number of unbranched alkanes of at least 4 members (excludes halogenated alkanes) is 1. The van der Waals surface area contributed by atoms with Crippen LogP contribution in [-0.4, -0.2) is 38.0 Å². The van der Waals surface area contributed by atoms with Gasteiger partial charge in [-0.2, -0.15) is 0 Å². The largest absolute Gasteiger partial charge is 0.376 e. The zero-order valence-electron chi connectivity index (χ0n) is 12.9. The van der Waals surface area contributed by atoms with Crippen LogP contribution in [0, 0.1) is 0 Å². The lowest BCUT2D eigenvalue weighted by atomic mass is 9.89. The van der Waals surface area contributed by atoms with Gasteiger partial charge < -0.3 is 14.8 Å². The summed E-state index contributed by atoms with van der Waals surface area (Å²) in [6.07, 6.45) is 7.18. The van der Waals surface area contributed by atoms with Crippen molar-refractivity contribution in [3.05, 3.63) is 35.9 Å². The summed E-state index contributed by atoms with van der Waals surface area (Å²) in [6.45, 7) is 3.83. The molecule has 0 amide bonds. The lowest BCUT2D eigenvalue weighted by Gasteiger charge is -2.32. The number of hydrogen-bond acceptors (Lipinski definition) is 3. The minimum absolute atomic E-state index is 0.125. The maximum Gasteiger partial charge on any atom is 0.0836 e.